The van der Waals surface area contributed by atoms with Crippen LogP contribution < -0.4 is 11.1 Å². The Morgan fingerprint density at radius 2 is 2.32 bits per heavy atom. The summed E-state index contributed by atoms with van der Waals surface area (Å²) in [6.45, 7) is 1.88. The van der Waals surface area contributed by atoms with Crippen LogP contribution in [0.15, 0.2) is 18.2 Å². The normalized spacial score (nSPS) is 19.3. The Balaban J connectivity index is 2.02. The van der Waals surface area contributed by atoms with Crippen molar-refractivity contribution < 1.29 is 9.53 Å². The fourth-order valence-corrected chi connectivity index (χ4v) is 2.17. The second-order valence-corrected chi connectivity index (χ2v) is 5.07. The number of halogens is 2. The van der Waals surface area contributed by atoms with Gasteiger partial charge in [0, 0.05) is 24.7 Å². The lowest BCUT2D eigenvalue weighted by molar-refractivity contribution is -0.00660. The lowest BCUT2D eigenvalue weighted by Gasteiger charge is -2.32. The van der Waals surface area contributed by atoms with Gasteiger partial charge in [0.2, 0.25) is 0 Å². The first-order valence-corrected chi connectivity index (χ1v) is 6.68. The number of nitrogens with zero attached hydrogens (tertiary/aromatic N) is 1. The van der Waals surface area contributed by atoms with E-state index in [4.69, 9.17) is 33.7 Å². The summed E-state index contributed by atoms with van der Waals surface area (Å²) < 4.78 is 5.41. The number of anilines is 1. The molecule has 1 saturated heterocycles. The molecule has 1 aliphatic heterocycles. The highest BCUT2D eigenvalue weighted by molar-refractivity contribution is 6.35. The number of amides is 2. The van der Waals surface area contributed by atoms with Crippen LogP contribution in [0, 0.1) is 0 Å². The quantitative estimate of drug-likeness (QED) is 0.880. The second kappa shape index (κ2) is 6.43. The van der Waals surface area contributed by atoms with Gasteiger partial charge in [-0.15, -0.1) is 0 Å². The third kappa shape index (κ3) is 3.73. The number of urea groups is 1. The third-order valence-corrected chi connectivity index (χ3v) is 3.42. The largest absolute Gasteiger partial charge is 0.373 e. The standard InChI is InChI=1S/C12H15Cl2N3O2/c13-8-1-2-10(14)11(5-8)16-12(18)17-3-4-19-9(6-15)7-17/h1-2,5,9H,3-4,6-7,15H2,(H,16,18). The molecule has 1 heterocycles. The Morgan fingerprint density at radius 1 is 1.53 bits per heavy atom. The van der Waals surface area contributed by atoms with Crippen molar-refractivity contribution in [2.24, 2.45) is 5.73 Å². The van der Waals surface area contributed by atoms with Gasteiger partial charge in [0.25, 0.3) is 0 Å². The van der Waals surface area contributed by atoms with Crippen LogP contribution in [-0.4, -0.2) is 43.3 Å². The summed E-state index contributed by atoms with van der Waals surface area (Å²) in [5, 5.41) is 3.70. The van der Waals surface area contributed by atoms with Gasteiger partial charge < -0.3 is 20.7 Å². The molecule has 0 radical (unpaired) electrons. The van der Waals surface area contributed by atoms with E-state index in [2.05, 4.69) is 5.32 Å². The lowest BCUT2D eigenvalue weighted by Crippen LogP contribution is -2.49. The van der Waals surface area contributed by atoms with Crippen molar-refractivity contribution in [2.45, 2.75) is 6.10 Å². The van der Waals surface area contributed by atoms with Crippen molar-refractivity contribution in [3.63, 3.8) is 0 Å². The zero-order valence-corrected chi connectivity index (χ0v) is 11.7. The molecule has 7 heteroatoms. The molecule has 2 rings (SSSR count). The van der Waals surface area contributed by atoms with Crippen LogP contribution in [-0.2, 0) is 4.74 Å². The van der Waals surface area contributed by atoms with Gasteiger partial charge in [-0.05, 0) is 18.2 Å². The van der Waals surface area contributed by atoms with Crippen LogP contribution in [0.5, 0.6) is 0 Å². The molecule has 2 amide bonds. The minimum absolute atomic E-state index is 0.116. The molecule has 19 heavy (non-hydrogen) atoms. The van der Waals surface area contributed by atoms with E-state index in [-0.39, 0.29) is 12.1 Å². The van der Waals surface area contributed by atoms with Gasteiger partial charge in [0.15, 0.2) is 0 Å². The molecule has 3 N–H and O–H groups in total. The SMILES string of the molecule is NCC1CN(C(=O)Nc2cc(Cl)ccc2Cl)CCO1. The molecule has 1 aromatic rings. The van der Waals surface area contributed by atoms with Crippen LogP contribution in [0.4, 0.5) is 10.5 Å². The number of rotatable bonds is 2. The predicted octanol–water partition coefficient (Wildman–Crippen LogP) is 2.18. The first-order chi connectivity index (χ1) is 9.10. The molecule has 1 atom stereocenters. The number of nitrogens with one attached hydrogen (secondary N) is 1. The molecule has 104 valence electrons. The van der Waals surface area contributed by atoms with E-state index in [0.717, 1.165) is 0 Å². The Labute approximate surface area is 121 Å². The van der Waals surface area contributed by atoms with Gasteiger partial charge in [-0.2, -0.15) is 0 Å². The van der Waals surface area contributed by atoms with E-state index in [1.807, 2.05) is 0 Å². The average Bonchev–Trinajstić information content (AvgIpc) is 2.43. The molecule has 0 aromatic heterocycles. The van der Waals surface area contributed by atoms with Crippen molar-refractivity contribution in [3.8, 4) is 0 Å². The Morgan fingerprint density at radius 3 is 3.05 bits per heavy atom. The van der Waals surface area contributed by atoms with Crippen LogP contribution in [0.3, 0.4) is 0 Å². The molecule has 0 saturated carbocycles. The molecule has 1 fully saturated rings. The zero-order chi connectivity index (χ0) is 13.8. The van der Waals surface area contributed by atoms with Gasteiger partial charge >= 0.3 is 6.03 Å². The number of hydrogen-bond acceptors (Lipinski definition) is 3. The van der Waals surface area contributed by atoms with Crippen LogP contribution >= 0.6 is 23.2 Å². The van der Waals surface area contributed by atoms with E-state index < -0.39 is 0 Å². The molecular weight excluding hydrogens is 289 g/mol. The fourth-order valence-electron chi connectivity index (χ4n) is 1.83. The summed E-state index contributed by atoms with van der Waals surface area (Å²) in [6.07, 6.45) is -0.116. The van der Waals surface area contributed by atoms with E-state index in [1.165, 1.54) is 0 Å². The smallest absolute Gasteiger partial charge is 0.322 e. The van der Waals surface area contributed by atoms with Crippen LogP contribution in [0.2, 0.25) is 10.0 Å². The summed E-state index contributed by atoms with van der Waals surface area (Å²) in [5.74, 6) is 0. The summed E-state index contributed by atoms with van der Waals surface area (Å²) in [6, 6.07) is 4.69. The van der Waals surface area contributed by atoms with Crippen molar-refractivity contribution in [1.82, 2.24) is 4.90 Å². The minimum Gasteiger partial charge on any atom is -0.373 e. The monoisotopic (exact) mass is 303 g/mol. The zero-order valence-electron chi connectivity index (χ0n) is 10.2. The topological polar surface area (TPSA) is 67.6 Å². The van der Waals surface area contributed by atoms with E-state index in [1.54, 1.807) is 23.1 Å². The number of carbonyl (C=O) groups excluding carboxylic acids is 1. The number of morpholine rings is 1. The predicted molar refractivity (Wildman–Crippen MR) is 75.8 cm³/mol. The maximum Gasteiger partial charge on any atom is 0.322 e. The molecule has 0 bridgehead atoms. The highest BCUT2D eigenvalue weighted by Gasteiger charge is 2.23. The maximum atomic E-state index is 12.1. The molecule has 1 aliphatic rings. The van der Waals surface area contributed by atoms with E-state index >= 15 is 0 Å². The molecule has 0 aliphatic carbocycles. The van der Waals surface area contributed by atoms with Gasteiger partial charge in [0.05, 0.1) is 23.4 Å². The summed E-state index contributed by atoms with van der Waals surface area (Å²) in [4.78, 5) is 13.8. The second-order valence-electron chi connectivity index (χ2n) is 4.23. The van der Waals surface area contributed by atoms with Crippen LogP contribution in [0.1, 0.15) is 0 Å². The van der Waals surface area contributed by atoms with Crippen molar-refractivity contribution in [3.05, 3.63) is 28.2 Å². The van der Waals surface area contributed by atoms with Gasteiger partial charge in [0.1, 0.15) is 0 Å². The Kier molecular flexibility index (Phi) is 4.87. The Bertz CT molecular complexity index is 470. The molecule has 1 aromatic carbocycles. The molecular formula is C12H15Cl2N3O2. The van der Waals surface area contributed by atoms with Crippen LogP contribution in [0.25, 0.3) is 0 Å². The van der Waals surface area contributed by atoms with Gasteiger partial charge in [-0.1, -0.05) is 23.2 Å². The van der Waals surface area contributed by atoms with Crippen molar-refractivity contribution in [2.75, 3.05) is 31.6 Å². The summed E-state index contributed by atoms with van der Waals surface area (Å²) in [5.41, 5.74) is 6.04. The number of carbonyl (C=O) groups is 1. The number of hydrogen-bond donors (Lipinski definition) is 2. The highest BCUT2D eigenvalue weighted by Crippen LogP contribution is 2.25. The first-order valence-electron chi connectivity index (χ1n) is 5.93. The molecule has 1 unspecified atom stereocenters. The number of ether oxygens (including phenoxy) is 1. The first kappa shape index (κ1) is 14.4. The fraction of sp³-hybridized carbons (Fsp3) is 0.417. The average molecular weight is 304 g/mol. The number of benzene rings is 1. The van der Waals surface area contributed by atoms with Gasteiger partial charge in [-0.25, -0.2) is 4.79 Å². The van der Waals surface area contributed by atoms with E-state index in [0.29, 0.717) is 42.0 Å². The van der Waals surface area contributed by atoms with Gasteiger partial charge in [-0.3, -0.25) is 0 Å². The number of nitrogens with two attached hydrogens (primary N) is 1. The lowest BCUT2D eigenvalue weighted by atomic mass is 10.3. The third-order valence-electron chi connectivity index (χ3n) is 2.86. The maximum absolute atomic E-state index is 12.1. The van der Waals surface area contributed by atoms with Crippen molar-refractivity contribution >= 4 is 34.9 Å². The Hall–Kier alpha value is -1.01. The van der Waals surface area contributed by atoms with E-state index in [9.17, 15) is 4.79 Å². The minimum atomic E-state index is -0.231. The summed E-state index contributed by atoms with van der Waals surface area (Å²) >= 11 is 11.9. The summed E-state index contributed by atoms with van der Waals surface area (Å²) in [7, 11) is 0. The molecule has 0 spiro atoms. The molecule has 5 nitrogen and oxygen atoms in total. The van der Waals surface area contributed by atoms with Crippen molar-refractivity contribution in [1.29, 1.82) is 0 Å². The highest BCUT2D eigenvalue weighted by atomic mass is 35.5.